The standard InChI is InChI=1S/C18H17NOS/c1-12-4-5-13(2)16(10-12)17-11-21-18(19-17)14-6-8-15(20-3)9-7-14/h4-11H,1-3H3. The van der Waals surface area contributed by atoms with Crippen molar-refractivity contribution in [2.45, 2.75) is 13.8 Å². The quantitative estimate of drug-likeness (QED) is 0.670. The van der Waals surface area contributed by atoms with Crippen LogP contribution in [-0.2, 0) is 0 Å². The summed E-state index contributed by atoms with van der Waals surface area (Å²) in [5.41, 5.74) is 5.90. The highest BCUT2D eigenvalue weighted by atomic mass is 32.1. The van der Waals surface area contributed by atoms with Crippen molar-refractivity contribution < 1.29 is 4.74 Å². The van der Waals surface area contributed by atoms with Crippen LogP contribution in [0.25, 0.3) is 21.8 Å². The van der Waals surface area contributed by atoms with Crippen LogP contribution in [0.1, 0.15) is 11.1 Å². The maximum atomic E-state index is 5.19. The van der Waals surface area contributed by atoms with Gasteiger partial charge >= 0.3 is 0 Å². The van der Waals surface area contributed by atoms with Crippen molar-refractivity contribution in [3.8, 4) is 27.6 Å². The molecule has 1 heterocycles. The molecule has 2 aromatic carbocycles. The van der Waals surface area contributed by atoms with Gasteiger partial charge in [0.1, 0.15) is 10.8 Å². The van der Waals surface area contributed by atoms with E-state index in [1.807, 2.05) is 24.3 Å². The van der Waals surface area contributed by atoms with E-state index < -0.39 is 0 Å². The molecule has 0 N–H and O–H groups in total. The van der Waals surface area contributed by atoms with E-state index >= 15 is 0 Å². The van der Waals surface area contributed by atoms with Crippen molar-refractivity contribution in [1.82, 2.24) is 4.98 Å². The lowest BCUT2D eigenvalue weighted by Crippen LogP contribution is -1.86. The number of benzene rings is 2. The van der Waals surface area contributed by atoms with Crippen LogP contribution in [0.3, 0.4) is 0 Å². The van der Waals surface area contributed by atoms with Crippen molar-refractivity contribution in [2.75, 3.05) is 7.11 Å². The van der Waals surface area contributed by atoms with E-state index in [1.165, 1.54) is 16.7 Å². The number of aromatic nitrogens is 1. The number of nitrogens with zero attached hydrogens (tertiary/aromatic N) is 1. The third-order valence-electron chi connectivity index (χ3n) is 3.51. The first-order valence-corrected chi connectivity index (χ1v) is 7.73. The van der Waals surface area contributed by atoms with E-state index in [4.69, 9.17) is 9.72 Å². The summed E-state index contributed by atoms with van der Waals surface area (Å²) in [6, 6.07) is 14.5. The number of methoxy groups -OCH3 is 1. The highest BCUT2D eigenvalue weighted by Crippen LogP contribution is 2.31. The number of rotatable bonds is 3. The predicted octanol–water partition coefficient (Wildman–Crippen LogP) is 5.10. The molecule has 106 valence electrons. The Bertz CT molecular complexity index is 759. The number of thiazole rings is 1. The van der Waals surface area contributed by atoms with Gasteiger partial charge in [0.15, 0.2) is 0 Å². The second kappa shape index (κ2) is 5.70. The normalized spacial score (nSPS) is 10.6. The molecular weight excluding hydrogens is 278 g/mol. The van der Waals surface area contributed by atoms with Crippen molar-refractivity contribution in [3.05, 3.63) is 59.0 Å². The summed E-state index contributed by atoms with van der Waals surface area (Å²) >= 11 is 1.67. The number of hydrogen-bond donors (Lipinski definition) is 0. The maximum absolute atomic E-state index is 5.19. The molecular formula is C18H17NOS. The molecule has 0 amide bonds. The molecule has 3 rings (SSSR count). The zero-order chi connectivity index (χ0) is 14.8. The van der Waals surface area contributed by atoms with Gasteiger partial charge in [0.05, 0.1) is 12.8 Å². The van der Waals surface area contributed by atoms with Gasteiger partial charge in [0.2, 0.25) is 0 Å². The molecule has 0 saturated heterocycles. The van der Waals surface area contributed by atoms with Gasteiger partial charge in [0, 0.05) is 16.5 Å². The highest BCUT2D eigenvalue weighted by Gasteiger charge is 2.09. The third kappa shape index (κ3) is 2.83. The van der Waals surface area contributed by atoms with E-state index in [2.05, 4.69) is 37.4 Å². The Morgan fingerprint density at radius 2 is 1.76 bits per heavy atom. The van der Waals surface area contributed by atoms with E-state index in [0.717, 1.165) is 22.0 Å². The highest BCUT2D eigenvalue weighted by molar-refractivity contribution is 7.13. The van der Waals surface area contributed by atoms with Crippen LogP contribution in [-0.4, -0.2) is 12.1 Å². The average molecular weight is 295 g/mol. The number of aryl methyl sites for hydroxylation is 2. The lowest BCUT2D eigenvalue weighted by atomic mass is 10.0. The average Bonchev–Trinajstić information content (AvgIpc) is 2.99. The Morgan fingerprint density at radius 1 is 1.00 bits per heavy atom. The van der Waals surface area contributed by atoms with Gasteiger partial charge in [-0.3, -0.25) is 0 Å². The van der Waals surface area contributed by atoms with E-state index in [-0.39, 0.29) is 0 Å². The fourth-order valence-electron chi connectivity index (χ4n) is 2.28. The molecule has 0 unspecified atom stereocenters. The molecule has 21 heavy (non-hydrogen) atoms. The largest absolute Gasteiger partial charge is 0.497 e. The van der Waals surface area contributed by atoms with Gasteiger partial charge in [-0.25, -0.2) is 4.98 Å². The van der Waals surface area contributed by atoms with Gasteiger partial charge in [0.25, 0.3) is 0 Å². The Hall–Kier alpha value is -2.13. The van der Waals surface area contributed by atoms with Crippen molar-refractivity contribution >= 4 is 11.3 Å². The Kier molecular flexibility index (Phi) is 3.76. The first kappa shape index (κ1) is 13.8. The fraction of sp³-hybridized carbons (Fsp3) is 0.167. The van der Waals surface area contributed by atoms with Crippen LogP contribution in [0.15, 0.2) is 47.8 Å². The zero-order valence-corrected chi connectivity index (χ0v) is 13.2. The molecule has 0 bridgehead atoms. The molecule has 0 aliphatic heterocycles. The summed E-state index contributed by atoms with van der Waals surface area (Å²) in [5, 5.41) is 3.16. The van der Waals surface area contributed by atoms with Crippen molar-refractivity contribution in [2.24, 2.45) is 0 Å². The minimum absolute atomic E-state index is 0.866. The summed E-state index contributed by atoms with van der Waals surface area (Å²) in [6.45, 7) is 4.24. The molecule has 0 spiro atoms. The SMILES string of the molecule is COc1ccc(-c2nc(-c3cc(C)ccc3C)cs2)cc1. The van der Waals surface area contributed by atoms with Crippen LogP contribution < -0.4 is 4.74 Å². The molecule has 0 saturated carbocycles. The predicted molar refractivity (Wildman–Crippen MR) is 89.0 cm³/mol. The molecule has 3 heteroatoms. The second-order valence-corrected chi connectivity index (χ2v) is 5.94. The van der Waals surface area contributed by atoms with Gasteiger partial charge < -0.3 is 4.74 Å². The van der Waals surface area contributed by atoms with Crippen LogP contribution in [0.4, 0.5) is 0 Å². The zero-order valence-electron chi connectivity index (χ0n) is 12.4. The van der Waals surface area contributed by atoms with Crippen LogP contribution in [0, 0.1) is 13.8 Å². The minimum Gasteiger partial charge on any atom is -0.497 e. The lowest BCUT2D eigenvalue weighted by Gasteiger charge is -2.04. The van der Waals surface area contributed by atoms with Crippen LogP contribution in [0.2, 0.25) is 0 Å². The maximum Gasteiger partial charge on any atom is 0.124 e. The molecule has 0 radical (unpaired) electrons. The minimum atomic E-state index is 0.866. The summed E-state index contributed by atoms with van der Waals surface area (Å²) in [4.78, 5) is 4.79. The summed E-state index contributed by atoms with van der Waals surface area (Å²) in [5.74, 6) is 0.866. The fourth-order valence-corrected chi connectivity index (χ4v) is 3.10. The molecule has 0 aliphatic carbocycles. The Labute approximate surface area is 129 Å². The van der Waals surface area contributed by atoms with E-state index in [0.29, 0.717) is 0 Å². The van der Waals surface area contributed by atoms with Gasteiger partial charge in [-0.15, -0.1) is 11.3 Å². The summed E-state index contributed by atoms with van der Waals surface area (Å²) < 4.78 is 5.19. The van der Waals surface area contributed by atoms with Crippen molar-refractivity contribution in [3.63, 3.8) is 0 Å². The smallest absolute Gasteiger partial charge is 0.124 e. The Balaban J connectivity index is 1.97. The molecule has 0 aliphatic rings. The number of hydrogen-bond acceptors (Lipinski definition) is 3. The monoisotopic (exact) mass is 295 g/mol. The van der Waals surface area contributed by atoms with E-state index in [1.54, 1.807) is 18.4 Å². The second-order valence-electron chi connectivity index (χ2n) is 5.08. The topological polar surface area (TPSA) is 22.1 Å². The molecule has 0 atom stereocenters. The molecule has 3 aromatic rings. The Morgan fingerprint density at radius 3 is 2.48 bits per heavy atom. The number of ether oxygens (including phenoxy) is 1. The van der Waals surface area contributed by atoms with Crippen molar-refractivity contribution in [1.29, 1.82) is 0 Å². The first-order valence-electron chi connectivity index (χ1n) is 6.85. The molecule has 1 aromatic heterocycles. The van der Waals surface area contributed by atoms with Crippen LogP contribution in [0.5, 0.6) is 5.75 Å². The lowest BCUT2D eigenvalue weighted by molar-refractivity contribution is 0.415. The van der Waals surface area contributed by atoms with Gasteiger partial charge in [-0.05, 0) is 49.7 Å². The van der Waals surface area contributed by atoms with Gasteiger partial charge in [-0.1, -0.05) is 17.7 Å². The third-order valence-corrected chi connectivity index (χ3v) is 4.40. The summed E-state index contributed by atoms with van der Waals surface area (Å²) in [7, 11) is 1.68. The first-order chi connectivity index (χ1) is 10.2. The molecule has 0 fully saturated rings. The van der Waals surface area contributed by atoms with Gasteiger partial charge in [-0.2, -0.15) is 0 Å². The molecule has 2 nitrogen and oxygen atoms in total. The summed E-state index contributed by atoms with van der Waals surface area (Å²) in [6.07, 6.45) is 0. The van der Waals surface area contributed by atoms with Crippen LogP contribution >= 0.6 is 11.3 Å². The van der Waals surface area contributed by atoms with E-state index in [9.17, 15) is 0 Å².